The molecule has 20 heavy (non-hydrogen) atoms. The first kappa shape index (κ1) is 13.8. The molecule has 0 aromatic heterocycles. The standard InChI is InChI=1S/C16H23FN2O/c1-20-16-11-13(17)4-5-14(16)15(10-12-2-3-12)19-8-6-18-7-9-19/h4-5,11-12,15,18H,2-3,6-10H2,1H3/t15-/m0/s1. The lowest BCUT2D eigenvalue weighted by molar-refractivity contribution is 0.157. The largest absolute Gasteiger partial charge is 0.496 e. The first-order valence-corrected chi connectivity index (χ1v) is 7.56. The lowest BCUT2D eigenvalue weighted by atomic mass is 9.97. The maximum Gasteiger partial charge on any atom is 0.126 e. The van der Waals surface area contributed by atoms with Crippen LogP contribution < -0.4 is 10.1 Å². The molecule has 0 unspecified atom stereocenters. The van der Waals surface area contributed by atoms with Crippen LogP contribution in [0.5, 0.6) is 5.75 Å². The quantitative estimate of drug-likeness (QED) is 0.896. The summed E-state index contributed by atoms with van der Waals surface area (Å²) in [6.45, 7) is 4.17. The van der Waals surface area contributed by atoms with Crippen LogP contribution in [0.3, 0.4) is 0 Å². The van der Waals surface area contributed by atoms with Gasteiger partial charge in [0.2, 0.25) is 0 Å². The summed E-state index contributed by atoms with van der Waals surface area (Å²) < 4.78 is 18.8. The van der Waals surface area contributed by atoms with Gasteiger partial charge in [0.1, 0.15) is 11.6 Å². The molecule has 1 atom stereocenters. The van der Waals surface area contributed by atoms with Gasteiger partial charge in [-0.25, -0.2) is 4.39 Å². The minimum Gasteiger partial charge on any atom is -0.496 e. The molecule has 0 bridgehead atoms. The fourth-order valence-electron chi connectivity index (χ4n) is 3.10. The Kier molecular flexibility index (Phi) is 4.22. The summed E-state index contributed by atoms with van der Waals surface area (Å²) in [5.74, 6) is 1.30. The second-order valence-electron chi connectivity index (χ2n) is 5.87. The smallest absolute Gasteiger partial charge is 0.126 e. The summed E-state index contributed by atoms with van der Waals surface area (Å²) in [5.41, 5.74) is 1.14. The highest BCUT2D eigenvalue weighted by atomic mass is 19.1. The molecule has 4 heteroatoms. The average molecular weight is 278 g/mol. The van der Waals surface area contributed by atoms with Crippen LogP contribution in [0, 0.1) is 11.7 Å². The molecule has 1 aliphatic carbocycles. The number of ether oxygens (including phenoxy) is 1. The van der Waals surface area contributed by atoms with Crippen LogP contribution in [-0.4, -0.2) is 38.2 Å². The van der Waals surface area contributed by atoms with Gasteiger partial charge in [0.25, 0.3) is 0 Å². The van der Waals surface area contributed by atoms with Crippen molar-refractivity contribution in [3.8, 4) is 5.75 Å². The maximum atomic E-state index is 13.4. The van der Waals surface area contributed by atoms with Crippen LogP contribution >= 0.6 is 0 Å². The highest BCUT2D eigenvalue weighted by Crippen LogP contribution is 2.42. The third-order valence-electron chi connectivity index (χ3n) is 4.40. The lowest BCUT2D eigenvalue weighted by Gasteiger charge is -2.36. The molecular formula is C16H23FN2O. The van der Waals surface area contributed by atoms with Gasteiger partial charge < -0.3 is 10.1 Å². The summed E-state index contributed by atoms with van der Waals surface area (Å²) >= 11 is 0. The Morgan fingerprint density at radius 1 is 1.35 bits per heavy atom. The zero-order valence-electron chi connectivity index (χ0n) is 12.1. The van der Waals surface area contributed by atoms with E-state index in [2.05, 4.69) is 10.2 Å². The molecule has 0 spiro atoms. The van der Waals surface area contributed by atoms with E-state index in [9.17, 15) is 4.39 Å². The van der Waals surface area contributed by atoms with Crippen molar-refractivity contribution >= 4 is 0 Å². The second kappa shape index (κ2) is 6.10. The summed E-state index contributed by atoms with van der Waals surface area (Å²) in [6.07, 6.45) is 3.85. The lowest BCUT2D eigenvalue weighted by Crippen LogP contribution is -2.45. The predicted octanol–water partition coefficient (Wildman–Crippen LogP) is 2.58. The molecule has 1 aromatic rings. The third kappa shape index (κ3) is 3.13. The first-order chi connectivity index (χ1) is 9.78. The molecule has 110 valence electrons. The van der Waals surface area contributed by atoms with Crippen molar-refractivity contribution in [1.82, 2.24) is 10.2 Å². The Morgan fingerprint density at radius 3 is 2.75 bits per heavy atom. The number of nitrogens with zero attached hydrogens (tertiary/aromatic N) is 1. The van der Waals surface area contributed by atoms with E-state index in [1.54, 1.807) is 13.2 Å². The van der Waals surface area contributed by atoms with Crippen molar-refractivity contribution < 1.29 is 9.13 Å². The van der Waals surface area contributed by atoms with Crippen LogP contribution in [0.25, 0.3) is 0 Å². The van der Waals surface area contributed by atoms with Crippen molar-refractivity contribution in [2.45, 2.75) is 25.3 Å². The highest BCUT2D eigenvalue weighted by Gasteiger charge is 2.31. The van der Waals surface area contributed by atoms with Gasteiger partial charge in [-0.1, -0.05) is 18.9 Å². The fraction of sp³-hybridized carbons (Fsp3) is 0.625. The summed E-state index contributed by atoms with van der Waals surface area (Å²) in [7, 11) is 1.63. The Bertz CT molecular complexity index is 456. The zero-order valence-corrected chi connectivity index (χ0v) is 12.1. The third-order valence-corrected chi connectivity index (χ3v) is 4.40. The molecule has 3 rings (SSSR count). The average Bonchev–Trinajstić information content (AvgIpc) is 3.30. The van der Waals surface area contributed by atoms with Crippen LogP contribution in [0.15, 0.2) is 18.2 Å². The number of piperazine rings is 1. The zero-order chi connectivity index (χ0) is 13.9. The van der Waals surface area contributed by atoms with Gasteiger partial charge in [0, 0.05) is 43.9 Å². The molecule has 1 N–H and O–H groups in total. The molecule has 1 heterocycles. The minimum atomic E-state index is -0.226. The Balaban J connectivity index is 1.86. The summed E-state index contributed by atoms with van der Waals surface area (Å²) in [4.78, 5) is 2.52. The van der Waals surface area contributed by atoms with Gasteiger partial charge in [-0.05, 0) is 18.4 Å². The molecular weight excluding hydrogens is 255 g/mol. The first-order valence-electron chi connectivity index (χ1n) is 7.56. The number of methoxy groups -OCH3 is 1. The van der Waals surface area contributed by atoms with Crippen LogP contribution in [0.2, 0.25) is 0 Å². The van der Waals surface area contributed by atoms with E-state index in [4.69, 9.17) is 4.74 Å². The monoisotopic (exact) mass is 278 g/mol. The Labute approximate surface area is 120 Å². The predicted molar refractivity (Wildman–Crippen MR) is 77.5 cm³/mol. The van der Waals surface area contributed by atoms with Gasteiger partial charge >= 0.3 is 0 Å². The van der Waals surface area contributed by atoms with E-state index >= 15 is 0 Å². The van der Waals surface area contributed by atoms with Crippen molar-refractivity contribution in [2.75, 3.05) is 33.3 Å². The van der Waals surface area contributed by atoms with E-state index in [0.29, 0.717) is 11.8 Å². The van der Waals surface area contributed by atoms with Crippen molar-refractivity contribution in [1.29, 1.82) is 0 Å². The number of hydrogen-bond donors (Lipinski definition) is 1. The van der Waals surface area contributed by atoms with Crippen LogP contribution in [0.4, 0.5) is 4.39 Å². The molecule has 0 radical (unpaired) electrons. The van der Waals surface area contributed by atoms with Gasteiger partial charge in [-0.3, -0.25) is 4.90 Å². The van der Waals surface area contributed by atoms with Crippen molar-refractivity contribution in [2.24, 2.45) is 5.92 Å². The maximum absolute atomic E-state index is 13.4. The molecule has 1 aliphatic heterocycles. The Hall–Kier alpha value is -1.13. The topological polar surface area (TPSA) is 24.5 Å². The summed E-state index contributed by atoms with van der Waals surface area (Å²) in [6, 6.07) is 5.33. The van der Waals surface area contributed by atoms with Crippen molar-refractivity contribution in [3.05, 3.63) is 29.6 Å². The van der Waals surface area contributed by atoms with Gasteiger partial charge in [0.05, 0.1) is 7.11 Å². The van der Waals surface area contributed by atoms with E-state index in [1.165, 1.54) is 25.3 Å². The fourth-order valence-corrected chi connectivity index (χ4v) is 3.10. The van der Waals surface area contributed by atoms with E-state index < -0.39 is 0 Å². The SMILES string of the molecule is COc1cc(F)ccc1[C@H](CC1CC1)N1CCNCC1. The molecule has 1 aromatic carbocycles. The normalized spacial score (nSPS) is 21.7. The van der Waals surface area contributed by atoms with E-state index in [1.807, 2.05) is 6.07 Å². The van der Waals surface area contributed by atoms with Crippen LogP contribution in [-0.2, 0) is 0 Å². The number of halogens is 1. The van der Waals surface area contributed by atoms with Gasteiger partial charge in [-0.15, -0.1) is 0 Å². The van der Waals surface area contributed by atoms with Crippen molar-refractivity contribution in [3.63, 3.8) is 0 Å². The second-order valence-corrected chi connectivity index (χ2v) is 5.87. The molecule has 0 amide bonds. The molecule has 2 fully saturated rings. The Morgan fingerprint density at radius 2 is 2.10 bits per heavy atom. The number of rotatable bonds is 5. The number of benzene rings is 1. The van der Waals surface area contributed by atoms with E-state index in [-0.39, 0.29) is 5.82 Å². The van der Waals surface area contributed by atoms with Crippen LogP contribution in [0.1, 0.15) is 30.9 Å². The molecule has 1 saturated carbocycles. The molecule has 1 saturated heterocycles. The minimum absolute atomic E-state index is 0.226. The van der Waals surface area contributed by atoms with Gasteiger partial charge in [0.15, 0.2) is 0 Å². The molecule has 2 aliphatic rings. The number of nitrogens with one attached hydrogen (secondary N) is 1. The highest BCUT2D eigenvalue weighted by molar-refractivity contribution is 5.37. The molecule has 3 nitrogen and oxygen atoms in total. The summed E-state index contributed by atoms with van der Waals surface area (Å²) in [5, 5.41) is 3.39. The number of hydrogen-bond acceptors (Lipinski definition) is 3. The van der Waals surface area contributed by atoms with Gasteiger partial charge in [-0.2, -0.15) is 0 Å². The van der Waals surface area contributed by atoms with E-state index in [0.717, 1.165) is 37.7 Å².